The number of piperidine rings is 1. The molecule has 2 amide bonds. The average Bonchev–Trinajstić information content (AvgIpc) is 3.46. The molecule has 3 aromatic rings. The summed E-state index contributed by atoms with van der Waals surface area (Å²) in [6, 6.07) is 14.0. The van der Waals surface area contributed by atoms with Crippen LogP contribution in [-0.2, 0) is 6.42 Å². The molecule has 186 valence electrons. The van der Waals surface area contributed by atoms with Crippen molar-refractivity contribution in [3.05, 3.63) is 69.9 Å². The van der Waals surface area contributed by atoms with E-state index in [0.717, 1.165) is 59.5 Å². The van der Waals surface area contributed by atoms with Crippen molar-refractivity contribution < 1.29 is 14.3 Å². The van der Waals surface area contributed by atoms with Crippen LogP contribution in [0.15, 0.2) is 42.5 Å². The minimum atomic E-state index is -0.142. The summed E-state index contributed by atoms with van der Waals surface area (Å²) < 4.78 is 5.72. The van der Waals surface area contributed by atoms with Crippen molar-refractivity contribution in [3.63, 3.8) is 0 Å². The molecule has 1 saturated heterocycles. The van der Waals surface area contributed by atoms with Gasteiger partial charge in [-0.2, -0.15) is 0 Å². The first-order valence-corrected chi connectivity index (χ1v) is 13.8. The third kappa shape index (κ3) is 4.52. The van der Waals surface area contributed by atoms with Gasteiger partial charge in [0.05, 0.1) is 22.1 Å². The number of hydrogen-bond donors (Lipinski definition) is 1. The molecule has 6 rings (SSSR count). The number of hydrogen-bond acceptors (Lipinski definition) is 5. The zero-order valence-electron chi connectivity index (χ0n) is 20.6. The highest BCUT2D eigenvalue weighted by molar-refractivity contribution is 7.15. The van der Waals surface area contributed by atoms with E-state index in [4.69, 9.17) is 9.72 Å². The van der Waals surface area contributed by atoms with Gasteiger partial charge in [0.1, 0.15) is 11.4 Å². The fraction of sp³-hybridized carbons (Fsp3) is 0.414. The predicted molar refractivity (Wildman–Crippen MR) is 141 cm³/mol. The Bertz CT molecular complexity index is 1310. The van der Waals surface area contributed by atoms with Crippen LogP contribution in [0.3, 0.4) is 0 Å². The molecule has 3 heterocycles. The topological polar surface area (TPSA) is 71.5 Å². The molecule has 3 aliphatic rings. The Morgan fingerprint density at radius 1 is 1.14 bits per heavy atom. The fourth-order valence-electron chi connectivity index (χ4n) is 5.28. The van der Waals surface area contributed by atoms with Gasteiger partial charge in [0.15, 0.2) is 0 Å². The molecule has 1 N–H and O–H groups in total. The largest absolute Gasteiger partial charge is 0.492 e. The van der Waals surface area contributed by atoms with Crippen LogP contribution in [0.25, 0.3) is 10.4 Å². The van der Waals surface area contributed by atoms with E-state index in [1.165, 1.54) is 5.56 Å². The number of amides is 2. The lowest BCUT2D eigenvalue weighted by atomic mass is 10.0. The second-order valence-corrected chi connectivity index (χ2v) is 11.2. The molecule has 36 heavy (non-hydrogen) atoms. The number of fused-ring (bicyclic) bond motifs is 1. The van der Waals surface area contributed by atoms with Gasteiger partial charge in [0.2, 0.25) is 0 Å². The van der Waals surface area contributed by atoms with Crippen LogP contribution in [0.2, 0.25) is 0 Å². The van der Waals surface area contributed by atoms with Gasteiger partial charge < -0.3 is 15.0 Å². The van der Waals surface area contributed by atoms with Crippen molar-refractivity contribution in [2.24, 2.45) is 0 Å². The summed E-state index contributed by atoms with van der Waals surface area (Å²) in [6.45, 7) is 3.80. The minimum Gasteiger partial charge on any atom is -0.492 e. The highest BCUT2D eigenvalue weighted by atomic mass is 32.1. The van der Waals surface area contributed by atoms with Gasteiger partial charge in [0.25, 0.3) is 11.8 Å². The van der Waals surface area contributed by atoms with Gasteiger partial charge >= 0.3 is 0 Å². The number of aromatic nitrogens is 1. The van der Waals surface area contributed by atoms with E-state index in [0.29, 0.717) is 42.6 Å². The maximum absolute atomic E-state index is 14.0. The smallest absolute Gasteiger partial charge is 0.274 e. The number of ether oxygens (including phenoxy) is 1. The number of likely N-dealkylation sites (tertiary alicyclic amines) is 1. The Labute approximate surface area is 215 Å². The van der Waals surface area contributed by atoms with E-state index in [9.17, 15) is 9.59 Å². The van der Waals surface area contributed by atoms with Crippen LogP contribution in [-0.4, -0.2) is 47.4 Å². The first-order valence-electron chi connectivity index (χ1n) is 13.0. The summed E-state index contributed by atoms with van der Waals surface area (Å²) in [5.41, 5.74) is 4.45. The van der Waals surface area contributed by atoms with Gasteiger partial charge in [-0.15, -0.1) is 11.3 Å². The number of carbonyl (C=O) groups is 2. The summed E-state index contributed by atoms with van der Waals surface area (Å²) in [5, 5.41) is 4.17. The summed E-state index contributed by atoms with van der Waals surface area (Å²) >= 11 is 1.67. The van der Waals surface area contributed by atoms with Crippen LogP contribution in [0, 0.1) is 6.92 Å². The molecule has 1 atom stereocenters. The molecule has 0 radical (unpaired) electrons. The minimum absolute atomic E-state index is 0.0162. The average molecular weight is 502 g/mol. The molecular formula is C29H31N3O3S. The van der Waals surface area contributed by atoms with E-state index in [-0.39, 0.29) is 17.9 Å². The quantitative estimate of drug-likeness (QED) is 0.494. The molecule has 0 spiro atoms. The van der Waals surface area contributed by atoms with E-state index < -0.39 is 0 Å². The van der Waals surface area contributed by atoms with Crippen LogP contribution in [0.5, 0.6) is 5.75 Å². The van der Waals surface area contributed by atoms with Gasteiger partial charge in [-0.3, -0.25) is 9.59 Å². The predicted octanol–water partition coefficient (Wildman–Crippen LogP) is 5.36. The van der Waals surface area contributed by atoms with Crippen molar-refractivity contribution in [2.45, 2.75) is 57.4 Å². The summed E-state index contributed by atoms with van der Waals surface area (Å²) in [4.78, 5) is 34.8. The second kappa shape index (κ2) is 9.69. The van der Waals surface area contributed by atoms with Crippen LogP contribution in [0.4, 0.5) is 0 Å². The number of rotatable bonds is 6. The molecule has 2 fully saturated rings. The Morgan fingerprint density at radius 3 is 2.83 bits per heavy atom. The fourth-order valence-corrected chi connectivity index (χ4v) is 6.51. The summed E-state index contributed by atoms with van der Waals surface area (Å²) in [7, 11) is 0. The van der Waals surface area contributed by atoms with Gasteiger partial charge in [-0.1, -0.05) is 42.0 Å². The lowest BCUT2D eigenvalue weighted by Crippen LogP contribution is -2.49. The van der Waals surface area contributed by atoms with Crippen molar-refractivity contribution >= 4 is 23.2 Å². The lowest BCUT2D eigenvalue weighted by molar-refractivity contribution is 0.0598. The first-order chi connectivity index (χ1) is 17.6. The molecule has 2 aliphatic heterocycles. The van der Waals surface area contributed by atoms with Crippen molar-refractivity contribution in [1.82, 2.24) is 15.2 Å². The Kier molecular flexibility index (Phi) is 6.25. The highest BCUT2D eigenvalue weighted by Crippen LogP contribution is 2.45. The second-order valence-electron chi connectivity index (χ2n) is 10.1. The lowest BCUT2D eigenvalue weighted by Gasteiger charge is -2.35. The Balaban J connectivity index is 1.23. The van der Waals surface area contributed by atoms with E-state index in [1.807, 2.05) is 29.2 Å². The number of nitrogens with zero attached hydrogens (tertiary/aromatic N) is 2. The summed E-state index contributed by atoms with van der Waals surface area (Å²) in [6.07, 6.45) is 6.02. The highest BCUT2D eigenvalue weighted by Gasteiger charge is 2.34. The van der Waals surface area contributed by atoms with Crippen molar-refractivity contribution in [1.29, 1.82) is 0 Å². The Morgan fingerprint density at radius 2 is 2.00 bits per heavy atom. The number of aryl methyl sites for hydroxylation is 1. The maximum atomic E-state index is 14.0. The third-order valence-electron chi connectivity index (χ3n) is 7.40. The molecular weight excluding hydrogens is 470 g/mol. The SMILES string of the molecule is Cc1cccc(-c2sc(C3CC3)nc2C(=O)N2CCCC[C@H]2CNC(=O)c2cccc3c2OCC3)c1. The zero-order chi connectivity index (χ0) is 24.6. The van der Waals surface area contributed by atoms with Gasteiger partial charge in [-0.25, -0.2) is 4.98 Å². The molecule has 1 saturated carbocycles. The van der Waals surface area contributed by atoms with Crippen LogP contribution >= 0.6 is 11.3 Å². The van der Waals surface area contributed by atoms with E-state index in [2.05, 4.69) is 30.4 Å². The summed E-state index contributed by atoms with van der Waals surface area (Å²) in [5.74, 6) is 1.03. The van der Waals surface area contributed by atoms with Crippen molar-refractivity contribution in [3.8, 4) is 16.2 Å². The number of nitrogens with one attached hydrogen (secondary N) is 1. The number of benzene rings is 2. The van der Waals surface area contributed by atoms with Gasteiger partial charge in [-0.05, 0) is 56.2 Å². The number of para-hydroxylation sites is 1. The van der Waals surface area contributed by atoms with Gasteiger partial charge in [0, 0.05) is 31.5 Å². The molecule has 6 nitrogen and oxygen atoms in total. The maximum Gasteiger partial charge on any atom is 0.274 e. The first kappa shape index (κ1) is 23.2. The van der Waals surface area contributed by atoms with E-state index >= 15 is 0 Å². The van der Waals surface area contributed by atoms with Crippen LogP contribution < -0.4 is 10.1 Å². The molecule has 1 aromatic heterocycles. The van der Waals surface area contributed by atoms with Crippen molar-refractivity contribution in [2.75, 3.05) is 19.7 Å². The van der Waals surface area contributed by atoms with Crippen LogP contribution in [0.1, 0.15) is 75.0 Å². The normalized spacial score (nSPS) is 19.0. The molecule has 0 bridgehead atoms. The number of thiazole rings is 1. The molecule has 7 heteroatoms. The third-order valence-corrected chi connectivity index (χ3v) is 8.67. The Hall–Kier alpha value is -3.19. The molecule has 2 aromatic carbocycles. The monoisotopic (exact) mass is 501 g/mol. The standard InChI is InChI=1S/C29H31N3O3S/c1-18-6-4-8-21(16-18)26-24(31-28(36-26)20-11-12-20)29(34)32-14-3-2-9-22(32)17-30-27(33)23-10-5-7-19-13-15-35-25(19)23/h4-8,10,16,20,22H,2-3,9,11-15,17H2,1H3,(H,30,33)/t22-/m0/s1. The molecule has 1 aliphatic carbocycles. The molecule has 0 unspecified atom stereocenters. The zero-order valence-corrected chi connectivity index (χ0v) is 21.4. The number of carbonyl (C=O) groups excluding carboxylic acids is 2. The van der Waals surface area contributed by atoms with E-state index in [1.54, 1.807) is 11.3 Å².